The Morgan fingerprint density at radius 1 is 1.16 bits per heavy atom. The molecule has 1 aromatic heterocycles. The van der Waals surface area contributed by atoms with Gasteiger partial charge in [0.15, 0.2) is 5.76 Å². The summed E-state index contributed by atoms with van der Waals surface area (Å²) in [4.78, 5) is 47.3. The molecule has 1 amide bonds. The van der Waals surface area contributed by atoms with Crippen molar-refractivity contribution in [2.45, 2.75) is 25.8 Å². The summed E-state index contributed by atoms with van der Waals surface area (Å²) in [6.45, 7) is 2.29. The molecule has 0 unspecified atom stereocenters. The molecule has 1 aromatic carbocycles. The Balaban J connectivity index is 1.83. The van der Waals surface area contributed by atoms with Gasteiger partial charge in [0, 0.05) is 25.2 Å². The topological polar surface area (TPSA) is 158 Å². The van der Waals surface area contributed by atoms with Crippen molar-refractivity contribution < 1.29 is 28.6 Å². The first kappa shape index (κ1) is 21.7. The first-order valence-electron chi connectivity index (χ1n) is 9.38. The molecule has 2 aromatic rings. The van der Waals surface area contributed by atoms with Crippen molar-refractivity contribution in [3.63, 3.8) is 0 Å². The van der Waals surface area contributed by atoms with Crippen LogP contribution in [0.1, 0.15) is 39.5 Å². The number of rotatable bonds is 6. The monoisotopic (exact) mass is 432 g/mol. The summed E-state index contributed by atoms with van der Waals surface area (Å²) in [5.41, 5.74) is -1.42. The van der Waals surface area contributed by atoms with Gasteiger partial charge in [-0.3, -0.25) is 25.0 Å². The summed E-state index contributed by atoms with van der Waals surface area (Å²) >= 11 is 0. The molecule has 31 heavy (non-hydrogen) atoms. The third kappa shape index (κ3) is 4.63. The quantitative estimate of drug-likeness (QED) is 0.411. The average Bonchev–Trinajstić information content (AvgIpc) is 3.19. The highest BCUT2D eigenvalue weighted by atomic mass is 16.6. The molecule has 3 rings (SSSR count). The second-order valence-electron chi connectivity index (χ2n) is 7.01. The number of aryl methyl sites for hydroxylation is 1. The predicted molar refractivity (Wildman–Crippen MR) is 107 cm³/mol. The van der Waals surface area contributed by atoms with Crippen molar-refractivity contribution in [2.75, 3.05) is 25.1 Å². The molecule has 12 heteroatoms. The number of nitro groups is 2. The van der Waals surface area contributed by atoms with Crippen LogP contribution in [0, 0.1) is 27.2 Å². The Bertz CT molecular complexity index is 1040. The predicted octanol–water partition coefficient (Wildman–Crippen LogP) is 2.59. The number of anilines is 1. The van der Waals surface area contributed by atoms with Crippen LogP contribution in [0.25, 0.3) is 0 Å². The number of benzene rings is 1. The molecule has 0 saturated carbocycles. The number of nitrogens with one attached hydrogen (secondary N) is 1. The zero-order valence-electron chi connectivity index (χ0n) is 16.8. The standard InChI is InChI=1S/C19H20N4O8/c1-11-3-4-16(31-11)18(24)20-12-5-7-21(8-6-12)17-14(19(25)30-2)9-13(22(26)27)10-15(17)23(28)29/h3-4,9-10,12H,5-8H2,1-2H3,(H,20,24). The number of hydrogen-bond donors (Lipinski definition) is 1. The molecule has 12 nitrogen and oxygen atoms in total. The molecule has 1 aliphatic heterocycles. The lowest BCUT2D eigenvalue weighted by Crippen LogP contribution is -2.45. The third-order valence-corrected chi connectivity index (χ3v) is 5.00. The van der Waals surface area contributed by atoms with Crippen LogP contribution in [0.5, 0.6) is 0 Å². The van der Waals surface area contributed by atoms with E-state index in [0.717, 1.165) is 19.2 Å². The maximum atomic E-state index is 12.3. The first-order valence-corrected chi connectivity index (χ1v) is 9.38. The fourth-order valence-corrected chi connectivity index (χ4v) is 3.51. The number of esters is 1. The van der Waals surface area contributed by atoms with Crippen molar-refractivity contribution >= 4 is 28.9 Å². The molecule has 1 N–H and O–H groups in total. The highest BCUT2D eigenvalue weighted by molar-refractivity contribution is 5.99. The van der Waals surface area contributed by atoms with Crippen LogP contribution in [-0.4, -0.2) is 48.0 Å². The smallest absolute Gasteiger partial charge is 0.340 e. The Kier molecular flexibility index (Phi) is 6.18. The van der Waals surface area contributed by atoms with E-state index in [1.165, 1.54) is 0 Å². The molecular formula is C19H20N4O8. The number of carbonyl (C=O) groups excluding carboxylic acids is 2. The van der Waals surface area contributed by atoms with Crippen LogP contribution in [-0.2, 0) is 4.74 Å². The minimum absolute atomic E-state index is 0.0334. The van der Waals surface area contributed by atoms with Crippen LogP contribution in [0.15, 0.2) is 28.7 Å². The summed E-state index contributed by atoms with van der Waals surface area (Å²) in [7, 11) is 1.09. The van der Waals surface area contributed by atoms with Gasteiger partial charge in [-0.05, 0) is 31.9 Å². The number of piperidine rings is 1. The molecule has 1 fully saturated rings. The van der Waals surface area contributed by atoms with Gasteiger partial charge in [0.05, 0.1) is 28.6 Å². The number of hydrogen-bond acceptors (Lipinski definition) is 9. The lowest BCUT2D eigenvalue weighted by molar-refractivity contribution is -0.393. The third-order valence-electron chi connectivity index (χ3n) is 5.00. The zero-order chi connectivity index (χ0) is 22.7. The van der Waals surface area contributed by atoms with E-state index < -0.39 is 27.2 Å². The van der Waals surface area contributed by atoms with Gasteiger partial charge in [-0.25, -0.2) is 4.79 Å². The Morgan fingerprint density at radius 3 is 2.35 bits per heavy atom. The van der Waals surface area contributed by atoms with E-state index in [0.29, 0.717) is 18.6 Å². The van der Waals surface area contributed by atoms with Crippen molar-refractivity contribution in [3.05, 3.63) is 61.6 Å². The van der Waals surface area contributed by atoms with Gasteiger partial charge in [-0.1, -0.05) is 0 Å². The summed E-state index contributed by atoms with van der Waals surface area (Å²) in [5.74, 6) is -0.465. The van der Waals surface area contributed by atoms with E-state index in [1.54, 1.807) is 24.0 Å². The minimum atomic E-state index is -0.912. The van der Waals surface area contributed by atoms with Crippen molar-refractivity contribution in [2.24, 2.45) is 0 Å². The number of nitro benzene ring substituents is 2. The average molecular weight is 432 g/mol. The van der Waals surface area contributed by atoms with Crippen LogP contribution in [0.2, 0.25) is 0 Å². The fourth-order valence-electron chi connectivity index (χ4n) is 3.51. The summed E-state index contributed by atoms with van der Waals surface area (Å²) in [6, 6.07) is 4.85. The van der Waals surface area contributed by atoms with Crippen LogP contribution >= 0.6 is 0 Å². The molecule has 0 bridgehead atoms. The molecule has 1 aliphatic rings. The van der Waals surface area contributed by atoms with Gasteiger partial charge in [-0.15, -0.1) is 0 Å². The van der Waals surface area contributed by atoms with Gasteiger partial charge in [0.25, 0.3) is 17.3 Å². The zero-order valence-corrected chi connectivity index (χ0v) is 16.8. The van der Waals surface area contributed by atoms with E-state index >= 15 is 0 Å². The van der Waals surface area contributed by atoms with Crippen molar-refractivity contribution in [1.29, 1.82) is 0 Å². The van der Waals surface area contributed by atoms with E-state index in [-0.39, 0.29) is 42.0 Å². The summed E-state index contributed by atoms with van der Waals surface area (Å²) in [5, 5.41) is 25.6. The number of nitrogens with zero attached hydrogens (tertiary/aromatic N) is 3. The number of non-ortho nitro benzene ring substituents is 1. The normalized spacial score (nSPS) is 14.2. The molecule has 1 saturated heterocycles. The van der Waals surface area contributed by atoms with Gasteiger partial charge in [0.1, 0.15) is 11.4 Å². The summed E-state index contributed by atoms with van der Waals surface area (Å²) < 4.78 is 9.98. The molecular weight excluding hydrogens is 412 g/mol. The Labute approximate surface area is 176 Å². The molecule has 0 spiro atoms. The van der Waals surface area contributed by atoms with Crippen LogP contribution in [0.3, 0.4) is 0 Å². The van der Waals surface area contributed by atoms with Crippen LogP contribution in [0.4, 0.5) is 17.1 Å². The number of furan rings is 1. The SMILES string of the molecule is COC(=O)c1cc([N+](=O)[O-])cc([N+](=O)[O-])c1N1CCC(NC(=O)c2ccc(C)o2)CC1. The maximum Gasteiger partial charge on any atom is 0.340 e. The lowest BCUT2D eigenvalue weighted by atomic mass is 10.0. The van der Waals surface area contributed by atoms with Crippen molar-refractivity contribution in [3.8, 4) is 0 Å². The number of methoxy groups -OCH3 is 1. The fraction of sp³-hybridized carbons (Fsp3) is 0.368. The largest absolute Gasteiger partial charge is 0.465 e. The molecule has 0 atom stereocenters. The summed E-state index contributed by atoms with van der Waals surface area (Å²) in [6.07, 6.45) is 0.889. The number of carbonyl (C=O) groups is 2. The van der Waals surface area contributed by atoms with Gasteiger partial charge in [-0.2, -0.15) is 0 Å². The minimum Gasteiger partial charge on any atom is -0.465 e. The van der Waals surface area contributed by atoms with E-state index in [2.05, 4.69) is 10.1 Å². The van der Waals surface area contributed by atoms with E-state index in [9.17, 15) is 29.8 Å². The molecule has 2 heterocycles. The second kappa shape index (κ2) is 8.81. The Hall–Kier alpha value is -3.96. The van der Waals surface area contributed by atoms with Crippen molar-refractivity contribution in [1.82, 2.24) is 5.32 Å². The van der Waals surface area contributed by atoms with Gasteiger partial charge >= 0.3 is 5.97 Å². The van der Waals surface area contributed by atoms with Gasteiger partial charge in [0.2, 0.25) is 0 Å². The van der Waals surface area contributed by atoms with E-state index in [4.69, 9.17) is 4.42 Å². The lowest BCUT2D eigenvalue weighted by Gasteiger charge is -2.34. The molecule has 164 valence electrons. The number of amides is 1. The molecule has 0 radical (unpaired) electrons. The molecule has 0 aliphatic carbocycles. The highest BCUT2D eigenvalue weighted by Gasteiger charge is 2.33. The first-order chi connectivity index (χ1) is 14.7. The maximum absolute atomic E-state index is 12.3. The van der Waals surface area contributed by atoms with Crippen LogP contribution < -0.4 is 10.2 Å². The number of ether oxygens (including phenoxy) is 1. The highest BCUT2D eigenvalue weighted by Crippen LogP contribution is 2.38. The van der Waals surface area contributed by atoms with Gasteiger partial charge < -0.3 is 19.4 Å². The van der Waals surface area contributed by atoms with E-state index in [1.807, 2.05) is 0 Å². The Morgan fingerprint density at radius 2 is 1.84 bits per heavy atom. The second-order valence-corrected chi connectivity index (χ2v) is 7.01.